The highest BCUT2D eigenvalue weighted by Crippen LogP contribution is 2.31. The fraction of sp³-hybridized carbons (Fsp3) is 0.353. The Morgan fingerprint density at radius 3 is 2.87 bits per heavy atom. The molecule has 2 aliphatic rings. The van der Waals surface area contributed by atoms with Crippen molar-refractivity contribution in [1.29, 1.82) is 0 Å². The van der Waals surface area contributed by atoms with Gasteiger partial charge < -0.3 is 10.2 Å². The molecule has 1 fully saturated rings. The molecular formula is C17H17N3O2S. The first-order valence-corrected chi connectivity index (χ1v) is 8.67. The number of rotatable bonds is 3. The van der Waals surface area contributed by atoms with Crippen molar-refractivity contribution in [3.8, 4) is 0 Å². The SMILES string of the molecule is O=C(Nc1nc2c(s1)CCC2)[C@@H]1CC(=O)N(c2ccccc2)C1. The summed E-state index contributed by atoms with van der Waals surface area (Å²) in [4.78, 5) is 32.1. The maximum Gasteiger partial charge on any atom is 0.231 e. The van der Waals surface area contributed by atoms with Crippen molar-refractivity contribution in [2.24, 2.45) is 5.92 Å². The van der Waals surface area contributed by atoms with Crippen LogP contribution >= 0.6 is 11.3 Å². The van der Waals surface area contributed by atoms with Crippen LogP contribution in [-0.2, 0) is 22.4 Å². The highest BCUT2D eigenvalue weighted by molar-refractivity contribution is 7.15. The first-order chi connectivity index (χ1) is 11.2. The molecule has 0 spiro atoms. The summed E-state index contributed by atoms with van der Waals surface area (Å²) < 4.78 is 0. The molecule has 6 heteroatoms. The minimum absolute atomic E-state index is 0.00187. The van der Waals surface area contributed by atoms with E-state index in [9.17, 15) is 9.59 Å². The van der Waals surface area contributed by atoms with E-state index in [0.717, 1.165) is 30.6 Å². The Morgan fingerprint density at radius 1 is 1.26 bits per heavy atom. The number of hydrogen-bond acceptors (Lipinski definition) is 4. The molecule has 0 unspecified atom stereocenters. The van der Waals surface area contributed by atoms with Crippen LogP contribution < -0.4 is 10.2 Å². The van der Waals surface area contributed by atoms with Crippen molar-refractivity contribution in [2.75, 3.05) is 16.8 Å². The largest absolute Gasteiger partial charge is 0.312 e. The quantitative estimate of drug-likeness (QED) is 0.942. The summed E-state index contributed by atoms with van der Waals surface area (Å²) in [6.45, 7) is 0.430. The van der Waals surface area contributed by atoms with Gasteiger partial charge in [0, 0.05) is 23.5 Å². The predicted molar refractivity (Wildman–Crippen MR) is 89.7 cm³/mol. The van der Waals surface area contributed by atoms with Crippen LogP contribution in [0.15, 0.2) is 30.3 Å². The number of aromatic nitrogens is 1. The molecule has 0 bridgehead atoms. The Bertz CT molecular complexity index is 735. The van der Waals surface area contributed by atoms with Gasteiger partial charge in [-0.2, -0.15) is 0 Å². The number of nitrogens with zero attached hydrogens (tertiary/aromatic N) is 2. The van der Waals surface area contributed by atoms with E-state index in [1.54, 1.807) is 16.2 Å². The first kappa shape index (κ1) is 14.4. The molecule has 1 atom stereocenters. The van der Waals surface area contributed by atoms with Crippen molar-refractivity contribution >= 4 is 34.0 Å². The lowest BCUT2D eigenvalue weighted by Crippen LogP contribution is -2.28. The third-order valence-corrected chi connectivity index (χ3v) is 5.46. The number of amides is 2. The minimum atomic E-state index is -0.318. The Labute approximate surface area is 138 Å². The fourth-order valence-corrected chi connectivity index (χ4v) is 4.24. The van der Waals surface area contributed by atoms with E-state index in [1.807, 2.05) is 30.3 Å². The highest BCUT2D eigenvalue weighted by atomic mass is 32.1. The molecule has 0 saturated carbocycles. The first-order valence-electron chi connectivity index (χ1n) is 7.85. The molecule has 4 rings (SSSR count). The number of carbonyl (C=O) groups excluding carboxylic acids is 2. The lowest BCUT2D eigenvalue weighted by atomic mass is 10.1. The number of anilines is 2. The summed E-state index contributed by atoms with van der Waals surface area (Å²) >= 11 is 1.57. The van der Waals surface area contributed by atoms with E-state index < -0.39 is 0 Å². The van der Waals surface area contributed by atoms with Crippen LogP contribution in [0.25, 0.3) is 0 Å². The molecule has 2 aromatic rings. The third-order valence-electron chi connectivity index (χ3n) is 4.39. The summed E-state index contributed by atoms with van der Waals surface area (Å²) in [5.74, 6) is -0.427. The van der Waals surface area contributed by atoms with Crippen molar-refractivity contribution in [1.82, 2.24) is 4.98 Å². The van der Waals surface area contributed by atoms with Crippen LogP contribution in [0, 0.1) is 5.92 Å². The van der Waals surface area contributed by atoms with E-state index in [0.29, 0.717) is 11.7 Å². The topological polar surface area (TPSA) is 62.3 Å². The monoisotopic (exact) mass is 327 g/mol. The second-order valence-electron chi connectivity index (χ2n) is 5.97. The predicted octanol–water partition coefficient (Wildman–Crippen LogP) is 2.62. The molecule has 5 nitrogen and oxygen atoms in total. The van der Waals surface area contributed by atoms with Gasteiger partial charge in [-0.15, -0.1) is 11.3 Å². The fourth-order valence-electron chi connectivity index (χ4n) is 3.19. The van der Waals surface area contributed by atoms with Crippen molar-refractivity contribution < 1.29 is 9.59 Å². The van der Waals surface area contributed by atoms with Gasteiger partial charge in [0.1, 0.15) is 0 Å². The standard InChI is InChI=1S/C17H17N3O2S/c21-15-9-11(10-20(15)12-5-2-1-3-6-12)16(22)19-17-18-13-7-4-8-14(13)23-17/h1-3,5-6,11H,4,7-10H2,(H,18,19,22)/t11-/m1/s1. The number of benzene rings is 1. The molecular weight excluding hydrogens is 310 g/mol. The van der Waals surface area contributed by atoms with Crippen LogP contribution in [-0.4, -0.2) is 23.3 Å². The summed E-state index contributed by atoms with van der Waals surface area (Å²) in [6, 6.07) is 9.49. The summed E-state index contributed by atoms with van der Waals surface area (Å²) in [5.41, 5.74) is 1.97. The third kappa shape index (κ3) is 2.74. The van der Waals surface area contributed by atoms with Gasteiger partial charge in [0.05, 0.1) is 11.6 Å². The van der Waals surface area contributed by atoms with E-state index in [2.05, 4.69) is 10.3 Å². The smallest absolute Gasteiger partial charge is 0.231 e. The number of thiazole rings is 1. The minimum Gasteiger partial charge on any atom is -0.312 e. The van der Waals surface area contributed by atoms with Crippen LogP contribution in [0.5, 0.6) is 0 Å². The van der Waals surface area contributed by atoms with Crippen LogP contribution in [0.1, 0.15) is 23.4 Å². The average Bonchev–Trinajstić information content (AvgIpc) is 3.22. The number of carbonyl (C=O) groups is 2. The van der Waals surface area contributed by atoms with Gasteiger partial charge in [0.25, 0.3) is 0 Å². The second kappa shape index (κ2) is 5.77. The van der Waals surface area contributed by atoms with Gasteiger partial charge in [-0.05, 0) is 31.4 Å². The molecule has 1 aromatic carbocycles. The molecule has 1 saturated heterocycles. The number of nitrogens with one attached hydrogen (secondary N) is 1. The Balaban J connectivity index is 1.44. The number of para-hydroxylation sites is 1. The lowest BCUT2D eigenvalue weighted by Gasteiger charge is -2.16. The Kier molecular flexibility index (Phi) is 3.61. The van der Waals surface area contributed by atoms with Gasteiger partial charge in [0.2, 0.25) is 11.8 Å². The van der Waals surface area contributed by atoms with Crippen LogP contribution in [0.3, 0.4) is 0 Å². The van der Waals surface area contributed by atoms with Gasteiger partial charge in [-0.3, -0.25) is 9.59 Å². The van der Waals surface area contributed by atoms with Crippen LogP contribution in [0.2, 0.25) is 0 Å². The second-order valence-corrected chi connectivity index (χ2v) is 7.06. The lowest BCUT2D eigenvalue weighted by molar-refractivity contribution is -0.122. The number of aryl methyl sites for hydroxylation is 2. The summed E-state index contributed by atoms with van der Waals surface area (Å²) in [6.07, 6.45) is 3.48. The molecule has 2 amide bonds. The number of hydrogen-bond donors (Lipinski definition) is 1. The Morgan fingerprint density at radius 2 is 2.09 bits per heavy atom. The van der Waals surface area contributed by atoms with Gasteiger partial charge in [0.15, 0.2) is 5.13 Å². The van der Waals surface area contributed by atoms with Crippen molar-refractivity contribution in [3.63, 3.8) is 0 Å². The van der Waals surface area contributed by atoms with E-state index in [-0.39, 0.29) is 24.2 Å². The van der Waals surface area contributed by atoms with Crippen molar-refractivity contribution in [3.05, 3.63) is 40.9 Å². The molecule has 0 radical (unpaired) electrons. The maximum absolute atomic E-state index is 12.4. The molecule has 1 aromatic heterocycles. The van der Waals surface area contributed by atoms with Gasteiger partial charge in [-0.1, -0.05) is 18.2 Å². The van der Waals surface area contributed by atoms with Gasteiger partial charge in [-0.25, -0.2) is 4.98 Å². The molecule has 2 heterocycles. The average molecular weight is 327 g/mol. The highest BCUT2D eigenvalue weighted by Gasteiger charge is 2.35. The van der Waals surface area contributed by atoms with E-state index in [1.165, 1.54) is 4.88 Å². The van der Waals surface area contributed by atoms with Crippen LogP contribution in [0.4, 0.5) is 10.8 Å². The zero-order valence-electron chi connectivity index (χ0n) is 12.6. The molecule has 1 aliphatic carbocycles. The Hall–Kier alpha value is -2.21. The van der Waals surface area contributed by atoms with Crippen molar-refractivity contribution in [2.45, 2.75) is 25.7 Å². The molecule has 1 aliphatic heterocycles. The van der Waals surface area contributed by atoms with E-state index >= 15 is 0 Å². The summed E-state index contributed by atoms with van der Waals surface area (Å²) in [7, 11) is 0. The zero-order chi connectivity index (χ0) is 15.8. The maximum atomic E-state index is 12.4. The molecule has 118 valence electrons. The molecule has 23 heavy (non-hydrogen) atoms. The normalized spacial score (nSPS) is 19.9. The molecule has 1 N–H and O–H groups in total. The zero-order valence-corrected chi connectivity index (χ0v) is 13.4. The van der Waals surface area contributed by atoms with E-state index in [4.69, 9.17) is 0 Å². The van der Waals surface area contributed by atoms with Gasteiger partial charge >= 0.3 is 0 Å². The number of fused-ring (bicyclic) bond motifs is 1. The summed E-state index contributed by atoms with van der Waals surface area (Å²) in [5, 5.41) is 3.57.